The van der Waals surface area contributed by atoms with E-state index < -0.39 is 47.0 Å². The van der Waals surface area contributed by atoms with Crippen LogP contribution >= 0.6 is 11.8 Å². The van der Waals surface area contributed by atoms with Crippen molar-refractivity contribution in [1.82, 2.24) is 10.6 Å². The van der Waals surface area contributed by atoms with Crippen molar-refractivity contribution in [3.63, 3.8) is 0 Å². The Morgan fingerprint density at radius 3 is 2.64 bits per heavy atom. The molecule has 3 fully saturated rings. The molecule has 0 aliphatic heterocycles. The summed E-state index contributed by atoms with van der Waals surface area (Å²) >= 11 is 1.49. The Morgan fingerprint density at radius 2 is 1.98 bits per heavy atom. The van der Waals surface area contributed by atoms with Gasteiger partial charge in [-0.15, -0.1) is 6.42 Å². The van der Waals surface area contributed by atoms with Gasteiger partial charge in [-0.05, 0) is 99.5 Å². The number of amides is 2. The number of nitrogens with zero attached hydrogens (tertiary/aromatic N) is 1. The van der Waals surface area contributed by atoms with Gasteiger partial charge in [-0.1, -0.05) is 30.5 Å². The van der Waals surface area contributed by atoms with Crippen LogP contribution in [0.4, 0.5) is 0 Å². The number of terminal acetylenes is 1. The van der Waals surface area contributed by atoms with Gasteiger partial charge in [-0.3, -0.25) is 9.59 Å². The molecular weight excluding hydrogens is 558 g/mol. The lowest BCUT2D eigenvalue weighted by Crippen LogP contribution is -2.59. The molecule has 0 aromatic heterocycles. The Hall–Kier alpha value is -2.55. The number of carboxylic acid groups (broad SMARTS) is 1. The number of nitrogens with one attached hydrogen (secondary N) is 2. The molecule has 0 radical (unpaired) electrons. The summed E-state index contributed by atoms with van der Waals surface area (Å²) in [5, 5.41) is 41.2. The van der Waals surface area contributed by atoms with Gasteiger partial charge in [-0.25, -0.2) is 4.79 Å². The Kier molecular flexibility index (Phi) is 9.70. The summed E-state index contributed by atoms with van der Waals surface area (Å²) in [6.45, 7) is 5.40. The molecule has 0 saturated heterocycles. The Labute approximate surface area is 252 Å². The van der Waals surface area contributed by atoms with E-state index in [4.69, 9.17) is 11.3 Å². The van der Waals surface area contributed by atoms with Crippen LogP contribution in [0.15, 0.2) is 16.8 Å². The molecule has 42 heavy (non-hydrogen) atoms. The second-order valence-corrected chi connectivity index (χ2v) is 14.0. The number of carbonyl (C=O) groups excluding carboxylic acids is 2. The van der Waals surface area contributed by atoms with Crippen molar-refractivity contribution < 1.29 is 34.5 Å². The number of fused-ring (bicyclic) bond motifs is 5. The number of hydrogen-bond donors (Lipinski definition) is 5. The number of rotatable bonds is 10. The highest BCUT2D eigenvalue weighted by Gasteiger charge is 2.66. The normalized spacial score (nSPS) is 37.6. The lowest BCUT2D eigenvalue weighted by Gasteiger charge is -2.60. The number of aliphatic hydroxyl groups is 2. The van der Waals surface area contributed by atoms with Gasteiger partial charge in [0.05, 0.1) is 11.8 Å². The number of carbonyl (C=O) groups is 3. The maximum Gasteiger partial charge on any atom is 0.326 e. The smallest absolute Gasteiger partial charge is 0.326 e. The van der Waals surface area contributed by atoms with Gasteiger partial charge in [0.15, 0.2) is 6.61 Å². The second-order valence-electron chi connectivity index (χ2n) is 13.0. The molecule has 5 N–H and O–H groups in total. The van der Waals surface area contributed by atoms with Gasteiger partial charge in [0.25, 0.3) is 5.91 Å². The van der Waals surface area contributed by atoms with Crippen LogP contribution in [-0.2, 0) is 19.2 Å². The minimum Gasteiger partial charge on any atom is -0.480 e. The van der Waals surface area contributed by atoms with Crippen molar-refractivity contribution in [2.75, 3.05) is 18.6 Å². The molecule has 9 unspecified atom stereocenters. The van der Waals surface area contributed by atoms with Gasteiger partial charge in [0.1, 0.15) is 17.7 Å². The van der Waals surface area contributed by atoms with Crippen molar-refractivity contribution in [3.05, 3.63) is 11.6 Å². The maximum atomic E-state index is 12.4. The van der Waals surface area contributed by atoms with Crippen LogP contribution in [0.3, 0.4) is 0 Å². The fraction of sp³-hybridized carbons (Fsp3) is 0.742. The highest BCUT2D eigenvalue weighted by Crippen LogP contribution is 2.67. The molecule has 2 amide bonds. The molecule has 0 aromatic rings. The Morgan fingerprint density at radius 1 is 1.24 bits per heavy atom. The Balaban J connectivity index is 1.34. The van der Waals surface area contributed by atoms with E-state index >= 15 is 0 Å². The maximum absolute atomic E-state index is 12.4. The summed E-state index contributed by atoms with van der Waals surface area (Å²) < 4.78 is 0. The zero-order valence-corrected chi connectivity index (χ0v) is 25.8. The summed E-state index contributed by atoms with van der Waals surface area (Å²) in [5.74, 6) is 1.65. The molecule has 0 spiro atoms. The van der Waals surface area contributed by atoms with Crippen LogP contribution < -0.4 is 10.6 Å². The van der Waals surface area contributed by atoms with E-state index in [0.29, 0.717) is 25.0 Å². The first-order valence-electron chi connectivity index (χ1n) is 14.9. The third-order valence-corrected chi connectivity index (χ3v) is 11.3. The number of carboxylic acids is 1. The predicted octanol–water partition coefficient (Wildman–Crippen LogP) is 2.48. The van der Waals surface area contributed by atoms with Crippen LogP contribution in [-0.4, -0.2) is 81.2 Å². The zero-order valence-electron chi connectivity index (χ0n) is 25.0. The molecule has 3 saturated carbocycles. The van der Waals surface area contributed by atoms with E-state index in [1.165, 1.54) is 24.3 Å². The van der Waals surface area contributed by atoms with Gasteiger partial charge in [-0.2, -0.15) is 11.8 Å². The average molecular weight is 604 g/mol. The van der Waals surface area contributed by atoms with Crippen LogP contribution in [0.25, 0.3) is 0 Å². The third-order valence-electron chi connectivity index (χ3n) is 10.7. The molecule has 0 heterocycles. The standard InChI is InChI=1S/C31H45N3O7S/c1-6-31(40)13-10-22-21-8-7-19-15-20(9-12-29(19,3)26(21)24(35)16-30(22,31)4)34-41-17-25(36)32-18(2)27(37)33-23(28(38)39)11-14-42-5/h1,15,18,21-24,26,35,40H,7-14,16-17H2,2-5H3,(H,32,36)(H,33,37)(H,38,39). The first-order chi connectivity index (χ1) is 19.8. The van der Waals surface area contributed by atoms with E-state index in [2.05, 4.69) is 35.6 Å². The molecule has 10 nitrogen and oxygen atoms in total. The van der Waals surface area contributed by atoms with E-state index in [1.807, 2.05) is 12.3 Å². The number of thioether (sulfide) groups is 1. The summed E-state index contributed by atoms with van der Waals surface area (Å²) in [7, 11) is 0. The van der Waals surface area contributed by atoms with Crippen molar-refractivity contribution in [2.45, 2.75) is 95.9 Å². The topological polar surface area (TPSA) is 158 Å². The van der Waals surface area contributed by atoms with Crippen molar-refractivity contribution in [1.29, 1.82) is 0 Å². The monoisotopic (exact) mass is 603 g/mol. The number of oxime groups is 1. The number of aliphatic hydroxyl groups excluding tert-OH is 1. The number of allylic oxidation sites excluding steroid dienone is 2. The first-order valence-corrected chi connectivity index (χ1v) is 16.3. The minimum atomic E-state index is -1.17. The predicted molar refractivity (Wildman–Crippen MR) is 160 cm³/mol. The number of aliphatic carboxylic acids is 1. The SMILES string of the molecule is C#CC1(O)CCC2C3CCC4=CC(=NOCC(=O)NC(C)C(=O)NC(CCSC)C(=O)O)CCC4(C)C3C(O)CC21C. The van der Waals surface area contributed by atoms with Crippen LogP contribution in [0.2, 0.25) is 0 Å². The van der Waals surface area contributed by atoms with Crippen LogP contribution in [0, 0.1) is 40.9 Å². The quantitative estimate of drug-likeness (QED) is 0.188. The zero-order chi connectivity index (χ0) is 30.9. The summed E-state index contributed by atoms with van der Waals surface area (Å²) in [6.07, 6.45) is 14.6. The van der Waals surface area contributed by atoms with E-state index in [0.717, 1.165) is 31.4 Å². The molecule has 0 aromatic carbocycles. The molecular formula is C31H45N3O7S. The molecule has 232 valence electrons. The van der Waals surface area contributed by atoms with Gasteiger partial charge in [0, 0.05) is 5.41 Å². The largest absolute Gasteiger partial charge is 0.480 e. The summed E-state index contributed by atoms with van der Waals surface area (Å²) in [4.78, 5) is 41.5. The van der Waals surface area contributed by atoms with Gasteiger partial charge < -0.3 is 30.8 Å². The molecule has 11 heteroatoms. The summed E-state index contributed by atoms with van der Waals surface area (Å²) in [5.41, 5.74) is 0.112. The van der Waals surface area contributed by atoms with Gasteiger partial charge in [0.2, 0.25) is 5.91 Å². The Bertz CT molecular complexity index is 1180. The lowest BCUT2D eigenvalue weighted by atomic mass is 9.45. The molecule has 0 bridgehead atoms. The molecule has 4 aliphatic carbocycles. The fourth-order valence-corrected chi connectivity index (χ4v) is 8.80. The second kappa shape index (κ2) is 12.6. The first kappa shape index (κ1) is 32.4. The highest BCUT2D eigenvalue weighted by atomic mass is 32.2. The summed E-state index contributed by atoms with van der Waals surface area (Å²) in [6, 6.07) is -1.95. The lowest BCUT2D eigenvalue weighted by molar-refractivity contribution is -0.153. The van der Waals surface area contributed by atoms with Crippen LogP contribution in [0.5, 0.6) is 0 Å². The highest BCUT2D eigenvalue weighted by molar-refractivity contribution is 7.98. The van der Waals surface area contributed by atoms with E-state index in [-0.39, 0.29) is 36.2 Å². The third kappa shape index (κ3) is 5.95. The van der Waals surface area contributed by atoms with E-state index in [9.17, 15) is 29.7 Å². The number of hydrogen-bond acceptors (Lipinski definition) is 8. The fourth-order valence-electron chi connectivity index (χ4n) is 8.33. The molecule has 4 aliphatic rings. The van der Waals surface area contributed by atoms with E-state index in [1.54, 1.807) is 0 Å². The molecule has 9 atom stereocenters. The van der Waals surface area contributed by atoms with Crippen LogP contribution in [0.1, 0.15) is 72.1 Å². The average Bonchev–Trinajstić information content (AvgIpc) is 3.20. The minimum absolute atomic E-state index is 0.0815. The van der Waals surface area contributed by atoms with Crippen molar-refractivity contribution in [3.8, 4) is 12.3 Å². The van der Waals surface area contributed by atoms with Gasteiger partial charge >= 0.3 is 5.97 Å². The molecule has 4 rings (SSSR count). The van der Waals surface area contributed by atoms with Crippen molar-refractivity contribution >= 4 is 35.3 Å². The van der Waals surface area contributed by atoms with Crippen molar-refractivity contribution in [2.24, 2.45) is 33.7 Å².